The molecule has 0 fully saturated rings. The van der Waals surface area contributed by atoms with E-state index in [-0.39, 0.29) is 0 Å². The van der Waals surface area contributed by atoms with Gasteiger partial charge in [0.2, 0.25) is 0 Å². The van der Waals surface area contributed by atoms with Crippen molar-refractivity contribution in [2.24, 2.45) is 0 Å². The number of hydrogen-bond acceptors (Lipinski definition) is 3. The minimum absolute atomic E-state index is 0.856. The quantitative estimate of drug-likeness (QED) is 0.932. The van der Waals surface area contributed by atoms with E-state index in [0.29, 0.717) is 0 Å². The fourth-order valence-corrected chi connectivity index (χ4v) is 2.80. The van der Waals surface area contributed by atoms with Crippen LogP contribution in [0, 0.1) is 0 Å². The summed E-state index contributed by atoms with van der Waals surface area (Å²) in [6, 6.07) is 12.4. The fraction of sp³-hybridized carbons (Fsp3) is 0.154. The zero-order chi connectivity index (χ0) is 12.1. The van der Waals surface area contributed by atoms with E-state index in [1.165, 1.54) is 10.5 Å². The van der Waals surface area contributed by atoms with E-state index in [4.69, 9.17) is 0 Å². The third-order valence-electron chi connectivity index (χ3n) is 2.20. The maximum atomic E-state index is 4.43. The van der Waals surface area contributed by atoms with Crippen molar-refractivity contribution in [3.8, 4) is 0 Å². The third-order valence-corrected chi connectivity index (χ3v) is 3.63. The summed E-state index contributed by atoms with van der Waals surface area (Å²) in [5.74, 6) is 0. The zero-order valence-corrected chi connectivity index (χ0v) is 11.9. The standard InChI is InChI=1S/C13H13BrN2S/c1-15-8-10-5-6-13(16-9-10)17-12-4-2-3-11(14)7-12/h2-7,9,15H,8H2,1H3. The topological polar surface area (TPSA) is 24.9 Å². The lowest BCUT2D eigenvalue weighted by atomic mass is 10.3. The van der Waals surface area contributed by atoms with Crippen LogP contribution in [0.5, 0.6) is 0 Å². The maximum Gasteiger partial charge on any atom is 0.101 e. The van der Waals surface area contributed by atoms with Crippen LogP contribution < -0.4 is 5.32 Å². The lowest BCUT2D eigenvalue weighted by molar-refractivity contribution is 0.809. The van der Waals surface area contributed by atoms with Crippen LogP contribution in [0.15, 0.2) is 57.0 Å². The number of aromatic nitrogens is 1. The number of nitrogens with one attached hydrogen (secondary N) is 1. The Kier molecular flexibility index (Phi) is 4.59. The first-order valence-electron chi connectivity index (χ1n) is 5.31. The van der Waals surface area contributed by atoms with Crippen molar-refractivity contribution in [3.05, 3.63) is 52.6 Å². The first-order chi connectivity index (χ1) is 8.28. The Hall–Kier alpha value is -0.840. The minimum atomic E-state index is 0.856. The van der Waals surface area contributed by atoms with Crippen LogP contribution >= 0.6 is 27.7 Å². The van der Waals surface area contributed by atoms with E-state index in [1.807, 2.05) is 25.4 Å². The molecule has 0 spiro atoms. The van der Waals surface area contributed by atoms with Crippen molar-refractivity contribution in [3.63, 3.8) is 0 Å². The molecule has 0 aliphatic heterocycles. The second-order valence-electron chi connectivity index (χ2n) is 3.59. The molecule has 0 aliphatic rings. The molecule has 4 heteroatoms. The highest BCUT2D eigenvalue weighted by Crippen LogP contribution is 2.27. The van der Waals surface area contributed by atoms with E-state index in [0.717, 1.165) is 16.0 Å². The molecule has 88 valence electrons. The largest absolute Gasteiger partial charge is 0.316 e. The Labute approximate surface area is 114 Å². The van der Waals surface area contributed by atoms with Gasteiger partial charge in [-0.25, -0.2) is 4.98 Å². The zero-order valence-electron chi connectivity index (χ0n) is 9.48. The van der Waals surface area contributed by atoms with Crippen molar-refractivity contribution < 1.29 is 0 Å². The van der Waals surface area contributed by atoms with E-state index >= 15 is 0 Å². The highest BCUT2D eigenvalue weighted by atomic mass is 79.9. The lowest BCUT2D eigenvalue weighted by Gasteiger charge is -2.03. The molecule has 1 aromatic carbocycles. The molecule has 0 bridgehead atoms. The summed E-state index contributed by atoms with van der Waals surface area (Å²) in [5, 5.41) is 4.12. The second-order valence-corrected chi connectivity index (χ2v) is 5.60. The Balaban J connectivity index is 2.08. The first-order valence-corrected chi connectivity index (χ1v) is 6.92. The van der Waals surface area contributed by atoms with Gasteiger partial charge in [0.15, 0.2) is 0 Å². The molecule has 1 N–H and O–H groups in total. The van der Waals surface area contributed by atoms with E-state index in [1.54, 1.807) is 11.8 Å². The third kappa shape index (κ3) is 3.84. The van der Waals surface area contributed by atoms with Crippen molar-refractivity contribution in [2.45, 2.75) is 16.5 Å². The molecule has 1 aromatic heterocycles. The molecule has 2 aromatic rings. The smallest absolute Gasteiger partial charge is 0.101 e. The van der Waals surface area contributed by atoms with E-state index in [2.05, 4.69) is 50.5 Å². The van der Waals surface area contributed by atoms with Crippen LogP contribution in [0.1, 0.15) is 5.56 Å². The van der Waals surface area contributed by atoms with Gasteiger partial charge in [-0.1, -0.05) is 39.8 Å². The molecule has 2 rings (SSSR count). The number of rotatable bonds is 4. The molecule has 17 heavy (non-hydrogen) atoms. The molecule has 2 nitrogen and oxygen atoms in total. The predicted molar refractivity (Wildman–Crippen MR) is 75.3 cm³/mol. The molecule has 0 amide bonds. The van der Waals surface area contributed by atoms with Gasteiger partial charge in [-0.15, -0.1) is 0 Å². The number of halogens is 1. The summed E-state index contributed by atoms with van der Waals surface area (Å²) in [5.41, 5.74) is 1.20. The van der Waals surface area contributed by atoms with Gasteiger partial charge in [0, 0.05) is 22.1 Å². The Morgan fingerprint density at radius 2 is 2.18 bits per heavy atom. The molecule has 0 atom stereocenters. The van der Waals surface area contributed by atoms with Crippen molar-refractivity contribution >= 4 is 27.7 Å². The fourth-order valence-electron chi connectivity index (χ4n) is 1.43. The van der Waals surface area contributed by atoms with Gasteiger partial charge in [-0.3, -0.25) is 0 Å². The molecule has 0 saturated heterocycles. The SMILES string of the molecule is CNCc1ccc(Sc2cccc(Br)c2)nc1. The number of benzene rings is 1. The lowest BCUT2D eigenvalue weighted by Crippen LogP contribution is -2.04. The van der Waals surface area contributed by atoms with Gasteiger partial charge in [-0.2, -0.15) is 0 Å². The van der Waals surface area contributed by atoms with Gasteiger partial charge < -0.3 is 5.32 Å². The summed E-state index contributed by atoms with van der Waals surface area (Å²) in [6.07, 6.45) is 1.91. The molecule has 0 aliphatic carbocycles. The van der Waals surface area contributed by atoms with E-state index in [9.17, 15) is 0 Å². The highest BCUT2D eigenvalue weighted by Gasteiger charge is 1.99. The summed E-state index contributed by atoms with van der Waals surface area (Å²) in [7, 11) is 1.93. The summed E-state index contributed by atoms with van der Waals surface area (Å²) in [4.78, 5) is 5.62. The van der Waals surface area contributed by atoms with Crippen LogP contribution in [0.25, 0.3) is 0 Å². The van der Waals surface area contributed by atoms with Crippen LogP contribution in [-0.4, -0.2) is 12.0 Å². The number of pyridine rings is 1. The Morgan fingerprint density at radius 1 is 1.29 bits per heavy atom. The summed E-state index contributed by atoms with van der Waals surface area (Å²) >= 11 is 5.13. The van der Waals surface area contributed by atoms with E-state index < -0.39 is 0 Å². The highest BCUT2D eigenvalue weighted by molar-refractivity contribution is 9.10. The number of nitrogens with zero attached hydrogens (tertiary/aromatic N) is 1. The molecule has 1 heterocycles. The minimum Gasteiger partial charge on any atom is -0.316 e. The number of hydrogen-bond donors (Lipinski definition) is 1. The summed E-state index contributed by atoms with van der Waals surface area (Å²) in [6.45, 7) is 0.856. The van der Waals surface area contributed by atoms with Crippen molar-refractivity contribution in [2.75, 3.05) is 7.05 Å². The summed E-state index contributed by atoms with van der Waals surface area (Å²) < 4.78 is 1.09. The Bertz CT molecular complexity index is 485. The van der Waals surface area contributed by atoms with Gasteiger partial charge in [-0.05, 0) is 36.9 Å². The second kappa shape index (κ2) is 6.19. The van der Waals surface area contributed by atoms with Gasteiger partial charge in [0.1, 0.15) is 5.03 Å². The Morgan fingerprint density at radius 3 is 2.82 bits per heavy atom. The van der Waals surface area contributed by atoms with Crippen LogP contribution in [0.3, 0.4) is 0 Å². The normalized spacial score (nSPS) is 10.5. The van der Waals surface area contributed by atoms with Crippen LogP contribution in [0.4, 0.5) is 0 Å². The molecule has 0 unspecified atom stereocenters. The molecular weight excluding hydrogens is 296 g/mol. The molecule has 0 radical (unpaired) electrons. The maximum absolute atomic E-state index is 4.43. The van der Waals surface area contributed by atoms with Gasteiger partial charge in [0.05, 0.1) is 0 Å². The molecular formula is C13H13BrN2S. The average Bonchev–Trinajstić information content (AvgIpc) is 2.32. The van der Waals surface area contributed by atoms with Gasteiger partial charge in [0.25, 0.3) is 0 Å². The predicted octanol–water partition coefficient (Wildman–Crippen LogP) is 3.71. The monoisotopic (exact) mass is 308 g/mol. The van der Waals surface area contributed by atoms with Crippen LogP contribution in [-0.2, 0) is 6.54 Å². The van der Waals surface area contributed by atoms with Crippen LogP contribution in [0.2, 0.25) is 0 Å². The van der Waals surface area contributed by atoms with Crippen molar-refractivity contribution in [1.29, 1.82) is 0 Å². The first kappa shape index (κ1) is 12.6. The van der Waals surface area contributed by atoms with Gasteiger partial charge >= 0.3 is 0 Å². The molecule has 0 saturated carbocycles. The average molecular weight is 309 g/mol. The van der Waals surface area contributed by atoms with Crippen molar-refractivity contribution in [1.82, 2.24) is 10.3 Å².